The van der Waals surface area contributed by atoms with E-state index < -0.39 is 0 Å². The lowest BCUT2D eigenvalue weighted by molar-refractivity contribution is 0.184. The molecule has 0 aliphatic carbocycles. The van der Waals surface area contributed by atoms with Crippen LogP contribution >= 0.6 is 27.5 Å². The van der Waals surface area contributed by atoms with Gasteiger partial charge in [-0.25, -0.2) is 0 Å². The fraction of sp³-hybridized carbons (Fsp3) is 0.786. The zero-order valence-electron chi connectivity index (χ0n) is 12.0. The van der Waals surface area contributed by atoms with Crippen LogP contribution in [0, 0.1) is 5.92 Å². The van der Waals surface area contributed by atoms with Crippen molar-refractivity contribution in [2.24, 2.45) is 5.92 Å². The molecule has 5 heteroatoms. The van der Waals surface area contributed by atoms with Gasteiger partial charge in [-0.15, -0.1) is 11.6 Å². The van der Waals surface area contributed by atoms with Crippen LogP contribution in [-0.2, 0) is 19.5 Å². The van der Waals surface area contributed by atoms with E-state index in [4.69, 9.17) is 11.6 Å². The number of alkyl halides is 1. The zero-order valence-corrected chi connectivity index (χ0v) is 14.3. The normalized spacial score (nSPS) is 24.9. The van der Waals surface area contributed by atoms with Crippen LogP contribution < -0.4 is 0 Å². The number of halogens is 2. The standard InChI is InChI=1S/C14H23BrClN3/c1-4-12-14(15)13(19(5-2)17-12)9-18-7-6-10(3)11(16)8-18/h10-11H,4-9H2,1-3H3. The van der Waals surface area contributed by atoms with Gasteiger partial charge in [0.05, 0.1) is 15.9 Å². The molecule has 1 fully saturated rings. The Kier molecular flexibility index (Phi) is 5.32. The van der Waals surface area contributed by atoms with E-state index in [0.29, 0.717) is 5.92 Å². The molecule has 0 aromatic carbocycles. The number of likely N-dealkylation sites (tertiary alicyclic amines) is 1. The van der Waals surface area contributed by atoms with Gasteiger partial charge in [0, 0.05) is 25.0 Å². The summed E-state index contributed by atoms with van der Waals surface area (Å²) < 4.78 is 3.30. The highest BCUT2D eigenvalue weighted by molar-refractivity contribution is 9.10. The topological polar surface area (TPSA) is 21.1 Å². The maximum absolute atomic E-state index is 6.40. The Morgan fingerprint density at radius 1 is 1.42 bits per heavy atom. The minimum atomic E-state index is 0.274. The van der Waals surface area contributed by atoms with Crippen LogP contribution in [0.5, 0.6) is 0 Å². The van der Waals surface area contributed by atoms with Crippen LogP contribution in [0.15, 0.2) is 4.47 Å². The summed E-state index contributed by atoms with van der Waals surface area (Å²) in [5, 5.41) is 4.93. The van der Waals surface area contributed by atoms with Gasteiger partial charge in [0.15, 0.2) is 0 Å². The van der Waals surface area contributed by atoms with E-state index >= 15 is 0 Å². The number of piperidine rings is 1. The van der Waals surface area contributed by atoms with Crippen molar-refractivity contribution in [3.63, 3.8) is 0 Å². The number of aryl methyl sites for hydroxylation is 2. The van der Waals surface area contributed by atoms with E-state index in [9.17, 15) is 0 Å². The average molecular weight is 349 g/mol. The van der Waals surface area contributed by atoms with Crippen LogP contribution in [0.25, 0.3) is 0 Å². The van der Waals surface area contributed by atoms with Gasteiger partial charge in [0.1, 0.15) is 0 Å². The third kappa shape index (κ3) is 3.34. The SMILES string of the molecule is CCc1nn(CC)c(CN2CCC(C)C(Cl)C2)c1Br. The Morgan fingerprint density at radius 2 is 2.16 bits per heavy atom. The third-order valence-corrected chi connectivity index (χ3v) is 5.50. The molecule has 0 radical (unpaired) electrons. The van der Waals surface area contributed by atoms with E-state index in [-0.39, 0.29) is 5.38 Å². The fourth-order valence-electron chi connectivity index (χ4n) is 2.61. The summed E-state index contributed by atoms with van der Waals surface area (Å²) in [6.07, 6.45) is 2.16. The first-order valence-corrected chi connectivity index (χ1v) is 8.40. The molecule has 3 nitrogen and oxygen atoms in total. The second-order valence-corrected chi connectivity index (χ2v) is 6.75. The van der Waals surface area contributed by atoms with E-state index in [1.54, 1.807) is 0 Å². The van der Waals surface area contributed by atoms with Crippen molar-refractivity contribution in [3.8, 4) is 0 Å². The first kappa shape index (κ1) is 15.3. The number of rotatable bonds is 4. The molecule has 108 valence electrons. The molecular formula is C14H23BrClN3. The first-order chi connectivity index (χ1) is 9.06. The monoisotopic (exact) mass is 347 g/mol. The van der Waals surface area contributed by atoms with Crippen molar-refractivity contribution in [2.45, 2.75) is 52.1 Å². The number of nitrogens with zero attached hydrogens (tertiary/aromatic N) is 3. The van der Waals surface area contributed by atoms with E-state index in [1.165, 1.54) is 16.6 Å². The summed E-state index contributed by atoms with van der Waals surface area (Å²) in [5.74, 6) is 0.628. The van der Waals surface area contributed by atoms with Gasteiger partial charge < -0.3 is 0 Å². The Balaban J connectivity index is 2.12. The minimum Gasteiger partial charge on any atom is -0.296 e. The van der Waals surface area contributed by atoms with Crippen LogP contribution in [0.2, 0.25) is 0 Å². The summed E-state index contributed by atoms with van der Waals surface area (Å²) >= 11 is 10.1. The van der Waals surface area contributed by atoms with E-state index in [2.05, 4.69) is 51.4 Å². The van der Waals surface area contributed by atoms with Crippen molar-refractivity contribution in [1.82, 2.24) is 14.7 Å². The molecule has 0 saturated carbocycles. The van der Waals surface area contributed by atoms with Gasteiger partial charge in [-0.3, -0.25) is 9.58 Å². The quantitative estimate of drug-likeness (QED) is 0.774. The Morgan fingerprint density at radius 3 is 2.74 bits per heavy atom. The summed E-state index contributed by atoms with van der Waals surface area (Å²) in [6.45, 7) is 10.5. The largest absolute Gasteiger partial charge is 0.296 e. The maximum Gasteiger partial charge on any atom is 0.0767 e. The lowest BCUT2D eigenvalue weighted by Gasteiger charge is -2.34. The molecule has 2 unspecified atom stereocenters. The summed E-state index contributed by atoms with van der Waals surface area (Å²) in [7, 11) is 0. The fourth-order valence-corrected chi connectivity index (χ4v) is 3.62. The summed E-state index contributed by atoms with van der Waals surface area (Å²) in [5.41, 5.74) is 2.45. The predicted molar refractivity (Wildman–Crippen MR) is 83.7 cm³/mol. The second-order valence-electron chi connectivity index (χ2n) is 5.39. The van der Waals surface area contributed by atoms with Gasteiger partial charge >= 0.3 is 0 Å². The van der Waals surface area contributed by atoms with Crippen LogP contribution in [0.3, 0.4) is 0 Å². The molecule has 1 aromatic rings. The van der Waals surface area contributed by atoms with Gasteiger partial charge in [0.25, 0.3) is 0 Å². The van der Waals surface area contributed by atoms with Crippen molar-refractivity contribution in [3.05, 3.63) is 15.9 Å². The lowest BCUT2D eigenvalue weighted by atomic mass is 9.98. The zero-order chi connectivity index (χ0) is 14.0. The highest BCUT2D eigenvalue weighted by Gasteiger charge is 2.26. The molecule has 1 aromatic heterocycles. The molecule has 1 aliphatic heterocycles. The molecular weight excluding hydrogens is 326 g/mol. The highest BCUT2D eigenvalue weighted by Crippen LogP contribution is 2.27. The van der Waals surface area contributed by atoms with E-state index in [0.717, 1.165) is 38.3 Å². The Bertz CT molecular complexity index is 433. The van der Waals surface area contributed by atoms with Crippen LogP contribution in [0.4, 0.5) is 0 Å². The van der Waals surface area contributed by atoms with Crippen molar-refractivity contribution in [2.75, 3.05) is 13.1 Å². The van der Waals surface area contributed by atoms with Gasteiger partial charge in [-0.05, 0) is 48.2 Å². The van der Waals surface area contributed by atoms with Crippen molar-refractivity contribution < 1.29 is 0 Å². The molecule has 1 aliphatic rings. The number of hydrogen-bond donors (Lipinski definition) is 0. The van der Waals surface area contributed by atoms with Gasteiger partial charge in [0.2, 0.25) is 0 Å². The average Bonchev–Trinajstić information content (AvgIpc) is 2.70. The molecule has 2 atom stereocenters. The molecule has 19 heavy (non-hydrogen) atoms. The molecule has 2 heterocycles. The summed E-state index contributed by atoms with van der Waals surface area (Å²) in [6, 6.07) is 0. The molecule has 1 saturated heterocycles. The van der Waals surface area contributed by atoms with Gasteiger partial charge in [-0.1, -0.05) is 13.8 Å². The Hall–Kier alpha value is -0.0600. The smallest absolute Gasteiger partial charge is 0.0767 e. The predicted octanol–water partition coefficient (Wildman–Crippen LogP) is 3.68. The Labute approximate surface area is 129 Å². The van der Waals surface area contributed by atoms with E-state index in [1.807, 2.05) is 0 Å². The molecule has 2 rings (SSSR count). The number of hydrogen-bond acceptors (Lipinski definition) is 2. The number of aromatic nitrogens is 2. The highest BCUT2D eigenvalue weighted by atomic mass is 79.9. The van der Waals surface area contributed by atoms with Crippen molar-refractivity contribution in [1.29, 1.82) is 0 Å². The molecule has 0 amide bonds. The van der Waals surface area contributed by atoms with Gasteiger partial charge in [-0.2, -0.15) is 5.10 Å². The van der Waals surface area contributed by atoms with Crippen LogP contribution in [0.1, 0.15) is 38.6 Å². The second kappa shape index (κ2) is 6.59. The molecule has 0 N–H and O–H groups in total. The molecule has 0 spiro atoms. The van der Waals surface area contributed by atoms with Crippen molar-refractivity contribution >= 4 is 27.5 Å². The third-order valence-electron chi connectivity index (χ3n) is 4.02. The minimum absolute atomic E-state index is 0.274. The molecule has 0 bridgehead atoms. The lowest BCUT2D eigenvalue weighted by Crippen LogP contribution is -2.40. The first-order valence-electron chi connectivity index (χ1n) is 7.17. The maximum atomic E-state index is 6.40. The van der Waals surface area contributed by atoms with Crippen LogP contribution in [-0.4, -0.2) is 33.1 Å². The summed E-state index contributed by atoms with van der Waals surface area (Å²) in [4.78, 5) is 2.45.